The van der Waals surface area contributed by atoms with Crippen LogP contribution in [-0.2, 0) is 4.79 Å². The third-order valence-corrected chi connectivity index (χ3v) is 3.99. The molecule has 152 valence electrons. The van der Waals surface area contributed by atoms with Crippen molar-refractivity contribution in [1.82, 2.24) is 4.90 Å². The highest BCUT2D eigenvalue weighted by molar-refractivity contribution is 6.30. The number of amides is 1. The lowest BCUT2D eigenvalue weighted by atomic mass is 10.1. The number of nitroso groups, excluding NO2 is 1. The summed E-state index contributed by atoms with van der Waals surface area (Å²) in [6, 6.07) is 12.8. The second-order valence-corrected chi connectivity index (χ2v) is 6.27. The normalized spacial score (nSPS) is 10.7. The van der Waals surface area contributed by atoms with Crippen LogP contribution in [0.5, 0.6) is 0 Å². The molecule has 0 aliphatic rings. The molecule has 0 aliphatic carbocycles. The summed E-state index contributed by atoms with van der Waals surface area (Å²) in [5.74, 6) is 0. The fraction of sp³-hybridized carbons (Fsp3) is 0.143. The van der Waals surface area contributed by atoms with E-state index in [-0.39, 0.29) is 6.41 Å². The zero-order valence-electron chi connectivity index (χ0n) is 16.4. The van der Waals surface area contributed by atoms with Crippen molar-refractivity contribution < 1.29 is 4.79 Å². The van der Waals surface area contributed by atoms with Crippen molar-refractivity contribution in [3.63, 3.8) is 0 Å². The lowest BCUT2D eigenvalue weighted by Gasteiger charge is -2.20. The highest BCUT2D eigenvalue weighted by atomic mass is 35.5. The van der Waals surface area contributed by atoms with E-state index < -0.39 is 0 Å². The van der Waals surface area contributed by atoms with Gasteiger partial charge in [0.25, 0.3) is 0 Å². The van der Waals surface area contributed by atoms with Gasteiger partial charge in [-0.2, -0.15) is 0 Å². The molecule has 0 atom stereocenters. The largest absolute Gasteiger partial charge is 0.379 e. The lowest BCUT2D eigenvalue weighted by Crippen LogP contribution is -2.21. The molecule has 0 bridgehead atoms. The number of nitrogens with one attached hydrogen (secondary N) is 1. The predicted molar refractivity (Wildman–Crippen MR) is 121 cm³/mol. The number of hydrogen-bond acceptors (Lipinski definition) is 5. The predicted octanol–water partition coefficient (Wildman–Crippen LogP) is 4.70. The maximum absolute atomic E-state index is 10.8. The molecule has 0 saturated heterocycles. The van der Waals surface area contributed by atoms with E-state index >= 15 is 0 Å². The van der Waals surface area contributed by atoms with Crippen molar-refractivity contribution in [1.29, 1.82) is 0 Å². The Kier molecular flexibility index (Phi) is 10.5. The van der Waals surface area contributed by atoms with Crippen LogP contribution in [0.1, 0.15) is 11.1 Å². The lowest BCUT2D eigenvalue weighted by molar-refractivity contribution is -0.106. The maximum atomic E-state index is 10.8. The van der Waals surface area contributed by atoms with Crippen LogP contribution in [0.4, 0.5) is 11.4 Å². The van der Waals surface area contributed by atoms with Gasteiger partial charge in [0, 0.05) is 29.7 Å². The molecule has 8 heteroatoms. The van der Waals surface area contributed by atoms with Gasteiger partial charge in [0.1, 0.15) is 5.69 Å². The summed E-state index contributed by atoms with van der Waals surface area (Å²) in [7, 11) is 1.90. The van der Waals surface area contributed by atoms with Gasteiger partial charge >= 0.3 is 0 Å². The monoisotopic (exact) mass is 413 g/mol. The van der Waals surface area contributed by atoms with E-state index in [1.54, 1.807) is 24.5 Å². The van der Waals surface area contributed by atoms with Gasteiger partial charge in [-0.15, -0.1) is 4.91 Å². The third-order valence-electron chi connectivity index (χ3n) is 3.76. The van der Waals surface area contributed by atoms with E-state index in [0.29, 0.717) is 17.3 Å². The number of nitrogens with zero attached hydrogens (tertiary/aromatic N) is 3. The molecule has 2 aromatic carbocycles. The minimum absolute atomic E-state index is 0.250. The first kappa shape index (κ1) is 23.6. The zero-order valence-corrected chi connectivity index (χ0v) is 17.1. The van der Waals surface area contributed by atoms with E-state index in [2.05, 4.69) is 27.8 Å². The van der Waals surface area contributed by atoms with E-state index in [0.717, 1.165) is 22.5 Å². The summed E-state index contributed by atoms with van der Waals surface area (Å²) >= 11 is 6.01. The number of rotatable bonds is 8. The summed E-state index contributed by atoms with van der Waals surface area (Å²) in [6.45, 7) is 6.15. The number of anilines is 1. The number of carbonyl (C=O) groups is 1. The van der Waals surface area contributed by atoms with Crippen molar-refractivity contribution in [2.45, 2.75) is 6.92 Å². The fourth-order valence-electron chi connectivity index (χ4n) is 2.37. The van der Waals surface area contributed by atoms with Gasteiger partial charge in [-0.1, -0.05) is 30.3 Å². The number of hydrogen-bond donors (Lipinski definition) is 2. The van der Waals surface area contributed by atoms with Crippen LogP contribution in [0.15, 0.2) is 71.1 Å². The number of carbonyl (C=O) groups excluding carboxylic acids is 1. The van der Waals surface area contributed by atoms with Gasteiger partial charge in [0.2, 0.25) is 6.41 Å². The molecule has 29 heavy (non-hydrogen) atoms. The Morgan fingerprint density at radius 1 is 1.31 bits per heavy atom. The third kappa shape index (κ3) is 8.40. The van der Waals surface area contributed by atoms with E-state index in [4.69, 9.17) is 16.4 Å². The minimum Gasteiger partial charge on any atom is -0.379 e. The summed E-state index contributed by atoms with van der Waals surface area (Å²) in [5, 5.41) is 7.10. The molecule has 0 radical (unpaired) electrons. The van der Waals surface area contributed by atoms with Gasteiger partial charge in [-0.05, 0) is 59.6 Å². The fourth-order valence-corrected chi connectivity index (χ4v) is 2.60. The standard InChI is InChI=1S/C20H21ClN4O.CH3NO/c1-4-22-14-25(3)19(12-16-6-5-7-18(11-16)24-26)13-23-20-9-8-17(21)10-15(20)2;2-1-3/h4-12,14,23H,1,13H2,2-3H3;1H,(H2,2,3)/b19-12-,22-14?;. The molecule has 0 fully saturated rings. The summed E-state index contributed by atoms with van der Waals surface area (Å²) in [6.07, 6.45) is 5.38. The molecule has 0 heterocycles. The van der Waals surface area contributed by atoms with Crippen molar-refractivity contribution >= 4 is 41.8 Å². The van der Waals surface area contributed by atoms with Crippen LogP contribution in [0, 0.1) is 11.8 Å². The van der Waals surface area contributed by atoms with Gasteiger partial charge in [-0.25, -0.2) is 4.99 Å². The number of aliphatic imine (C=N–C) groups is 1. The van der Waals surface area contributed by atoms with Crippen molar-refractivity contribution in [3.8, 4) is 0 Å². The number of nitrogens with two attached hydrogens (primary N) is 1. The Bertz CT molecular complexity index is 896. The summed E-state index contributed by atoms with van der Waals surface area (Å²) < 4.78 is 0. The second kappa shape index (κ2) is 12.9. The molecule has 0 aliphatic heterocycles. The Morgan fingerprint density at radius 3 is 2.66 bits per heavy atom. The summed E-state index contributed by atoms with van der Waals surface area (Å²) in [5.41, 5.74) is 8.45. The van der Waals surface area contributed by atoms with Gasteiger partial charge in [-0.3, -0.25) is 4.79 Å². The van der Waals surface area contributed by atoms with Crippen LogP contribution in [-0.4, -0.2) is 31.2 Å². The van der Waals surface area contributed by atoms with Crippen molar-refractivity contribution in [3.05, 3.63) is 82.0 Å². The topological polar surface area (TPSA) is 100 Å². The number of halogens is 1. The first-order chi connectivity index (χ1) is 13.9. The van der Waals surface area contributed by atoms with E-state index in [1.807, 2.05) is 49.2 Å². The number of primary amides is 1. The smallest absolute Gasteiger partial charge is 0.204 e. The van der Waals surface area contributed by atoms with Gasteiger partial charge in [0.15, 0.2) is 0 Å². The maximum Gasteiger partial charge on any atom is 0.204 e. The number of benzene rings is 2. The average Bonchev–Trinajstić information content (AvgIpc) is 2.71. The number of likely N-dealkylation sites (N-methyl/N-ethyl adjacent to an activating group) is 1. The molecule has 0 unspecified atom stereocenters. The molecule has 0 aromatic heterocycles. The quantitative estimate of drug-likeness (QED) is 0.283. The average molecular weight is 414 g/mol. The molecular weight excluding hydrogens is 390 g/mol. The van der Waals surface area contributed by atoms with E-state index in [1.165, 1.54) is 6.20 Å². The molecule has 0 saturated carbocycles. The molecule has 3 N–H and O–H groups in total. The van der Waals surface area contributed by atoms with E-state index in [9.17, 15) is 4.91 Å². The Hall–Kier alpha value is -3.45. The first-order valence-corrected chi connectivity index (χ1v) is 8.99. The highest BCUT2D eigenvalue weighted by Gasteiger charge is 2.06. The van der Waals surface area contributed by atoms with Crippen LogP contribution in [0.3, 0.4) is 0 Å². The minimum atomic E-state index is 0.250. The van der Waals surface area contributed by atoms with Gasteiger partial charge in [0.05, 0.1) is 12.9 Å². The highest BCUT2D eigenvalue weighted by Crippen LogP contribution is 2.21. The Labute approximate surface area is 175 Å². The van der Waals surface area contributed by atoms with Crippen LogP contribution in [0.25, 0.3) is 6.08 Å². The molecule has 1 amide bonds. The molecule has 0 spiro atoms. The summed E-state index contributed by atoms with van der Waals surface area (Å²) in [4.78, 5) is 25.3. The Morgan fingerprint density at radius 2 is 2.03 bits per heavy atom. The van der Waals surface area contributed by atoms with Crippen molar-refractivity contribution in [2.24, 2.45) is 15.9 Å². The zero-order chi connectivity index (χ0) is 21.6. The van der Waals surface area contributed by atoms with Crippen molar-refractivity contribution in [2.75, 3.05) is 18.9 Å². The van der Waals surface area contributed by atoms with Gasteiger partial charge < -0.3 is 16.0 Å². The molecule has 2 aromatic rings. The Balaban J connectivity index is 0.00000132. The molecule has 7 nitrogen and oxygen atoms in total. The molecular formula is C21H24ClN5O2. The first-order valence-electron chi connectivity index (χ1n) is 8.61. The number of aryl methyl sites for hydroxylation is 1. The second-order valence-electron chi connectivity index (χ2n) is 5.83. The van der Waals surface area contributed by atoms with Crippen LogP contribution >= 0.6 is 11.6 Å². The van der Waals surface area contributed by atoms with Crippen LogP contribution in [0.2, 0.25) is 5.02 Å². The molecule has 2 rings (SSSR count). The SMILES string of the molecule is C=CN=CN(C)/C(=C\c1cccc(N=O)c1)CNc1ccc(Cl)cc1C.NC=O. The van der Waals surface area contributed by atoms with Crippen LogP contribution < -0.4 is 11.1 Å².